The molecule has 0 unspecified atom stereocenters. The van der Waals surface area contributed by atoms with Gasteiger partial charge in [-0.3, -0.25) is 13.9 Å². The van der Waals surface area contributed by atoms with Crippen LogP contribution in [0.2, 0.25) is 0 Å². The van der Waals surface area contributed by atoms with E-state index >= 15 is 0 Å². The van der Waals surface area contributed by atoms with Gasteiger partial charge < -0.3 is 25.2 Å². The molecule has 6 rings (SSSR count). The average molecular weight is 637 g/mol. The van der Waals surface area contributed by atoms with Crippen LogP contribution in [0.5, 0.6) is 5.88 Å². The molecule has 1 saturated heterocycles. The van der Waals surface area contributed by atoms with Crippen molar-refractivity contribution < 1.29 is 14.6 Å². The van der Waals surface area contributed by atoms with E-state index in [4.69, 9.17) is 14.5 Å². The molecule has 11 nitrogen and oxygen atoms in total. The summed E-state index contributed by atoms with van der Waals surface area (Å²) in [5.74, 6) is 0.935. The zero-order valence-electron chi connectivity index (χ0n) is 27.5. The molecule has 0 saturated carbocycles. The Morgan fingerprint density at radius 2 is 1.68 bits per heavy atom. The number of hydrogen-bond donors (Lipinski definition) is 3. The van der Waals surface area contributed by atoms with Crippen LogP contribution in [0.15, 0.2) is 64.2 Å². The Morgan fingerprint density at radius 1 is 0.957 bits per heavy atom. The third-order valence-electron chi connectivity index (χ3n) is 9.08. The smallest absolute Gasteiger partial charge is 0.330 e. The van der Waals surface area contributed by atoms with Crippen LogP contribution in [-0.2, 0) is 25.4 Å². The second-order valence-corrected chi connectivity index (χ2v) is 12.1. The lowest BCUT2D eigenvalue weighted by Gasteiger charge is -2.28. The van der Waals surface area contributed by atoms with Crippen LogP contribution in [0.1, 0.15) is 28.8 Å². The monoisotopic (exact) mass is 636 g/mol. The Bertz CT molecular complexity index is 2100. The van der Waals surface area contributed by atoms with Crippen LogP contribution in [0.4, 0.5) is 11.5 Å². The molecular formula is C36H40N6O5. The molecule has 1 aliphatic rings. The van der Waals surface area contributed by atoms with Crippen LogP contribution in [0.25, 0.3) is 33.3 Å². The normalized spacial score (nSPS) is 16.4. The predicted octanol–water partition coefficient (Wildman–Crippen LogP) is 4.28. The number of aliphatic hydroxyl groups excluding tert-OH is 1. The van der Waals surface area contributed by atoms with Gasteiger partial charge in [-0.25, -0.2) is 14.8 Å². The fourth-order valence-corrected chi connectivity index (χ4v) is 6.33. The lowest BCUT2D eigenvalue weighted by molar-refractivity contribution is -0.0281. The minimum absolute atomic E-state index is 0.0416. The first-order chi connectivity index (χ1) is 22.6. The molecule has 0 radical (unpaired) electrons. The quantitative estimate of drug-likeness (QED) is 0.228. The van der Waals surface area contributed by atoms with Gasteiger partial charge in [0.1, 0.15) is 11.2 Å². The van der Waals surface area contributed by atoms with E-state index in [-0.39, 0.29) is 11.7 Å². The van der Waals surface area contributed by atoms with Crippen molar-refractivity contribution in [3.8, 4) is 28.3 Å². The number of anilines is 2. The molecule has 2 aromatic carbocycles. The predicted molar refractivity (Wildman–Crippen MR) is 183 cm³/mol. The van der Waals surface area contributed by atoms with Gasteiger partial charge in [0.2, 0.25) is 5.88 Å². The lowest BCUT2D eigenvalue weighted by Crippen LogP contribution is -2.46. The highest BCUT2D eigenvalue weighted by Crippen LogP contribution is 2.37. The maximum absolute atomic E-state index is 13.2. The van der Waals surface area contributed by atoms with Crippen molar-refractivity contribution in [3.05, 3.63) is 97.8 Å². The standard InChI is InChI=1S/C36H40N6O5/c1-20-17-30-32(35(44)42(5)36(45)41(30)4)33(38-20)39-27-12-8-10-25(22(27)3)24-9-7-11-26(21(24)2)28-14-13-23(34(40-28)46-6)18-37-29-15-16-47-19-31(29)43/h7-14,17,29,31,37,43H,15-16,18-19H2,1-6H3,(H,38,39)/t29-,31+/m0/s1. The highest BCUT2D eigenvalue weighted by molar-refractivity contribution is 5.92. The fraction of sp³-hybridized carbons (Fsp3) is 0.333. The van der Waals surface area contributed by atoms with Gasteiger partial charge in [0, 0.05) is 55.8 Å². The second-order valence-electron chi connectivity index (χ2n) is 12.1. The fourth-order valence-electron chi connectivity index (χ4n) is 6.33. The molecule has 3 N–H and O–H groups in total. The van der Waals surface area contributed by atoms with Crippen LogP contribution >= 0.6 is 0 Å². The first kappa shape index (κ1) is 32.1. The van der Waals surface area contributed by atoms with E-state index in [1.165, 1.54) is 11.6 Å². The number of ether oxygens (including phenoxy) is 2. The molecule has 2 atom stereocenters. The molecule has 0 amide bonds. The summed E-state index contributed by atoms with van der Waals surface area (Å²) in [4.78, 5) is 35.4. The summed E-state index contributed by atoms with van der Waals surface area (Å²) in [6.07, 6.45) is 0.203. The molecule has 0 aliphatic carbocycles. The van der Waals surface area contributed by atoms with Gasteiger partial charge in [-0.1, -0.05) is 36.4 Å². The zero-order chi connectivity index (χ0) is 33.4. The molecule has 5 aromatic rings. The van der Waals surface area contributed by atoms with E-state index in [1.807, 2.05) is 44.2 Å². The SMILES string of the molecule is COc1nc(-c2cccc(-c3cccc(Nc4nc(C)cc5c4c(=O)n(C)c(=O)n5C)c3C)c2C)ccc1CN[C@H]1CCOC[C@H]1O. The topological polar surface area (TPSA) is 133 Å². The Morgan fingerprint density at radius 3 is 2.43 bits per heavy atom. The summed E-state index contributed by atoms with van der Waals surface area (Å²) >= 11 is 0. The number of nitrogens with zero attached hydrogens (tertiary/aromatic N) is 4. The van der Waals surface area contributed by atoms with Gasteiger partial charge in [0.05, 0.1) is 31.0 Å². The minimum atomic E-state index is -0.542. The summed E-state index contributed by atoms with van der Waals surface area (Å²) in [7, 11) is 4.75. The van der Waals surface area contributed by atoms with E-state index in [2.05, 4.69) is 40.7 Å². The third-order valence-corrected chi connectivity index (χ3v) is 9.08. The summed E-state index contributed by atoms with van der Waals surface area (Å²) in [6, 6.07) is 17.9. The number of nitrogens with one attached hydrogen (secondary N) is 2. The highest BCUT2D eigenvalue weighted by Gasteiger charge is 2.24. The third kappa shape index (κ3) is 6.05. The first-order valence-corrected chi connectivity index (χ1v) is 15.7. The van der Waals surface area contributed by atoms with Crippen molar-refractivity contribution in [3.63, 3.8) is 0 Å². The Hall–Kier alpha value is -4.84. The van der Waals surface area contributed by atoms with Crippen molar-refractivity contribution in [2.24, 2.45) is 14.1 Å². The van der Waals surface area contributed by atoms with Gasteiger partial charge >= 0.3 is 5.69 Å². The van der Waals surface area contributed by atoms with Crippen LogP contribution in [-0.4, -0.2) is 56.7 Å². The second kappa shape index (κ2) is 13.1. The van der Waals surface area contributed by atoms with E-state index < -0.39 is 11.7 Å². The lowest BCUT2D eigenvalue weighted by atomic mass is 9.91. The molecule has 1 fully saturated rings. The number of pyridine rings is 2. The van der Waals surface area contributed by atoms with E-state index in [0.717, 1.165) is 55.7 Å². The maximum atomic E-state index is 13.2. The first-order valence-electron chi connectivity index (χ1n) is 15.7. The van der Waals surface area contributed by atoms with Gasteiger partial charge in [-0.2, -0.15) is 0 Å². The Balaban J connectivity index is 1.34. The van der Waals surface area contributed by atoms with Crippen molar-refractivity contribution in [2.45, 2.75) is 45.9 Å². The number of benzene rings is 2. The summed E-state index contributed by atoms with van der Waals surface area (Å²) < 4.78 is 13.6. The minimum Gasteiger partial charge on any atom is -0.481 e. The molecule has 47 heavy (non-hydrogen) atoms. The molecule has 0 spiro atoms. The van der Waals surface area contributed by atoms with Gasteiger partial charge in [-0.15, -0.1) is 0 Å². The van der Waals surface area contributed by atoms with Gasteiger partial charge in [0.25, 0.3) is 5.56 Å². The molecule has 4 heterocycles. The summed E-state index contributed by atoms with van der Waals surface area (Å²) in [6.45, 7) is 7.44. The van der Waals surface area contributed by atoms with Crippen molar-refractivity contribution in [1.82, 2.24) is 24.4 Å². The van der Waals surface area contributed by atoms with Gasteiger partial charge in [0.15, 0.2) is 0 Å². The average Bonchev–Trinajstić information content (AvgIpc) is 3.07. The van der Waals surface area contributed by atoms with Gasteiger partial charge in [-0.05, 0) is 67.6 Å². The zero-order valence-corrected chi connectivity index (χ0v) is 27.5. The van der Waals surface area contributed by atoms with Crippen molar-refractivity contribution in [1.29, 1.82) is 0 Å². The number of methoxy groups -OCH3 is 1. The number of hydrogen-bond acceptors (Lipinski definition) is 9. The van der Waals surface area contributed by atoms with E-state index in [1.54, 1.807) is 20.2 Å². The molecule has 244 valence electrons. The van der Waals surface area contributed by atoms with Crippen LogP contribution in [0, 0.1) is 20.8 Å². The Labute approximate surface area is 272 Å². The van der Waals surface area contributed by atoms with Crippen LogP contribution < -0.4 is 26.6 Å². The van der Waals surface area contributed by atoms with E-state index in [9.17, 15) is 14.7 Å². The number of aromatic nitrogens is 4. The molecule has 0 bridgehead atoms. The van der Waals surface area contributed by atoms with Crippen molar-refractivity contribution in [2.75, 3.05) is 25.6 Å². The molecule has 1 aliphatic heterocycles. The van der Waals surface area contributed by atoms with E-state index in [0.29, 0.717) is 48.1 Å². The molecule has 11 heteroatoms. The largest absolute Gasteiger partial charge is 0.481 e. The molecular weight excluding hydrogens is 596 g/mol. The Kier molecular flexibility index (Phi) is 8.96. The summed E-state index contributed by atoms with van der Waals surface area (Å²) in [5.41, 5.74) is 8.01. The van der Waals surface area contributed by atoms with Crippen LogP contribution in [0.3, 0.4) is 0 Å². The molecule has 3 aromatic heterocycles. The van der Waals surface area contributed by atoms with Crippen molar-refractivity contribution >= 4 is 22.4 Å². The number of rotatable bonds is 8. The number of fused-ring (bicyclic) bond motifs is 1. The maximum Gasteiger partial charge on any atom is 0.330 e. The number of aryl methyl sites for hydroxylation is 2. The highest BCUT2D eigenvalue weighted by atomic mass is 16.5. The number of aliphatic hydroxyl groups is 1. The summed E-state index contributed by atoms with van der Waals surface area (Å²) in [5, 5.41) is 17.4.